The predicted molar refractivity (Wildman–Crippen MR) is 99.8 cm³/mol. The zero-order chi connectivity index (χ0) is 13.9. The molecule has 0 aliphatic heterocycles. The van der Waals surface area contributed by atoms with Gasteiger partial charge < -0.3 is 11.1 Å². The Bertz CT molecular complexity index is 510. The summed E-state index contributed by atoms with van der Waals surface area (Å²) in [6, 6.07) is 8.47. The zero-order valence-electron chi connectivity index (χ0n) is 11.7. The van der Waals surface area contributed by atoms with Crippen molar-refractivity contribution in [1.29, 1.82) is 0 Å². The van der Waals surface area contributed by atoms with Gasteiger partial charge in [-0.15, -0.1) is 24.0 Å². The molecule has 0 amide bonds. The molecular weight excluding hydrogens is 429 g/mol. The quantitative estimate of drug-likeness (QED) is 0.312. The van der Waals surface area contributed by atoms with E-state index in [-0.39, 0.29) is 29.4 Å². The summed E-state index contributed by atoms with van der Waals surface area (Å²) in [6.07, 6.45) is 2.36. The van der Waals surface area contributed by atoms with Crippen LogP contribution in [0.2, 0.25) is 0 Å². The maximum atomic E-state index is 5.85. The van der Waals surface area contributed by atoms with Crippen molar-refractivity contribution in [3.8, 4) is 0 Å². The van der Waals surface area contributed by atoms with E-state index in [2.05, 4.69) is 51.0 Å². The van der Waals surface area contributed by atoms with Crippen LogP contribution in [-0.2, 0) is 5.41 Å². The van der Waals surface area contributed by atoms with Gasteiger partial charge in [0.1, 0.15) is 0 Å². The topological polar surface area (TPSA) is 50.4 Å². The Kier molecular flexibility index (Phi) is 6.51. The molecule has 1 saturated carbocycles. The van der Waals surface area contributed by atoms with Crippen molar-refractivity contribution in [2.45, 2.75) is 25.2 Å². The normalized spacial score (nSPS) is 16.2. The van der Waals surface area contributed by atoms with E-state index in [0.29, 0.717) is 12.5 Å². The summed E-state index contributed by atoms with van der Waals surface area (Å²) in [7, 11) is 0. The molecule has 20 heavy (non-hydrogen) atoms. The van der Waals surface area contributed by atoms with E-state index < -0.39 is 0 Å². The molecule has 3 nitrogen and oxygen atoms in total. The molecule has 110 valence electrons. The molecule has 1 aliphatic rings. The first-order valence-electron chi connectivity index (χ1n) is 6.46. The minimum Gasteiger partial charge on any atom is -0.370 e. The van der Waals surface area contributed by atoms with Gasteiger partial charge in [-0.1, -0.05) is 40.2 Å². The summed E-state index contributed by atoms with van der Waals surface area (Å²) in [5, 5.41) is 3.06. The number of nitrogens with zero attached hydrogens (tertiary/aromatic N) is 1. The highest BCUT2D eigenvalue weighted by Crippen LogP contribution is 2.48. The summed E-state index contributed by atoms with van der Waals surface area (Å²) in [5.41, 5.74) is 8.44. The minimum absolute atomic E-state index is 0. The van der Waals surface area contributed by atoms with Gasteiger partial charge in [-0.05, 0) is 37.5 Å². The number of nitrogens with two attached hydrogens (primary N) is 1. The van der Waals surface area contributed by atoms with Crippen LogP contribution in [0.5, 0.6) is 0 Å². The largest absolute Gasteiger partial charge is 0.370 e. The van der Waals surface area contributed by atoms with Crippen LogP contribution in [0.4, 0.5) is 0 Å². The van der Waals surface area contributed by atoms with Crippen LogP contribution in [0.1, 0.15) is 25.3 Å². The second-order valence-corrected chi connectivity index (χ2v) is 6.22. The second kappa shape index (κ2) is 7.45. The summed E-state index contributed by atoms with van der Waals surface area (Å²) in [6.45, 7) is 7.22. The molecule has 0 radical (unpaired) electrons. The molecule has 0 spiro atoms. The number of benzene rings is 1. The number of aliphatic imine (C=N–C) groups is 1. The number of hydrogen-bond acceptors (Lipinski definition) is 1. The number of halogens is 2. The van der Waals surface area contributed by atoms with Crippen molar-refractivity contribution in [2.24, 2.45) is 10.7 Å². The van der Waals surface area contributed by atoms with Gasteiger partial charge >= 0.3 is 0 Å². The Balaban J connectivity index is 0.00000200. The van der Waals surface area contributed by atoms with E-state index in [9.17, 15) is 0 Å². The van der Waals surface area contributed by atoms with Crippen LogP contribution in [0.25, 0.3) is 0 Å². The molecule has 5 heteroatoms. The van der Waals surface area contributed by atoms with Crippen molar-refractivity contribution in [1.82, 2.24) is 5.32 Å². The number of nitrogens with one attached hydrogen (secondary N) is 1. The fraction of sp³-hybridized carbons (Fsp3) is 0.400. The second-order valence-electron chi connectivity index (χ2n) is 5.30. The van der Waals surface area contributed by atoms with Crippen molar-refractivity contribution < 1.29 is 0 Å². The van der Waals surface area contributed by atoms with Gasteiger partial charge in [0.05, 0.1) is 6.54 Å². The lowest BCUT2D eigenvalue weighted by Gasteiger charge is -2.14. The third-order valence-electron chi connectivity index (χ3n) is 3.41. The van der Waals surface area contributed by atoms with E-state index in [1.54, 1.807) is 0 Å². The Labute approximate surface area is 146 Å². The van der Waals surface area contributed by atoms with Crippen LogP contribution in [0, 0.1) is 0 Å². The fourth-order valence-corrected chi connectivity index (χ4v) is 2.44. The number of rotatable bonds is 5. The average molecular weight is 450 g/mol. The molecule has 0 heterocycles. The van der Waals surface area contributed by atoms with Crippen LogP contribution in [-0.4, -0.2) is 19.0 Å². The van der Waals surface area contributed by atoms with Crippen molar-refractivity contribution in [2.75, 3.05) is 13.1 Å². The van der Waals surface area contributed by atoms with Crippen molar-refractivity contribution in [3.05, 3.63) is 46.5 Å². The summed E-state index contributed by atoms with van der Waals surface area (Å²) >= 11 is 3.52. The van der Waals surface area contributed by atoms with Gasteiger partial charge in [-0.2, -0.15) is 0 Å². The minimum atomic E-state index is 0. The average Bonchev–Trinajstić information content (AvgIpc) is 3.15. The molecule has 0 saturated heterocycles. The van der Waals surface area contributed by atoms with E-state index in [1.165, 1.54) is 18.4 Å². The van der Waals surface area contributed by atoms with E-state index in [4.69, 9.17) is 5.73 Å². The molecule has 0 bridgehead atoms. The lowest BCUT2D eigenvalue weighted by molar-refractivity contribution is 0.701. The SMILES string of the molecule is C=C(C)CNC(N)=NCC1(c2cccc(Br)c2)CC1.I. The van der Waals surface area contributed by atoms with E-state index >= 15 is 0 Å². The van der Waals surface area contributed by atoms with Gasteiger partial charge in [-0.25, -0.2) is 0 Å². The van der Waals surface area contributed by atoms with Gasteiger partial charge in [0.2, 0.25) is 0 Å². The van der Waals surface area contributed by atoms with Crippen molar-refractivity contribution in [3.63, 3.8) is 0 Å². The highest BCUT2D eigenvalue weighted by molar-refractivity contribution is 14.0. The van der Waals surface area contributed by atoms with E-state index in [0.717, 1.165) is 16.6 Å². The number of hydrogen-bond donors (Lipinski definition) is 2. The van der Waals surface area contributed by atoms with Crippen LogP contribution >= 0.6 is 39.9 Å². The van der Waals surface area contributed by atoms with Gasteiger partial charge in [0.25, 0.3) is 0 Å². The zero-order valence-corrected chi connectivity index (χ0v) is 15.6. The molecule has 1 aliphatic carbocycles. The smallest absolute Gasteiger partial charge is 0.188 e. The monoisotopic (exact) mass is 449 g/mol. The van der Waals surface area contributed by atoms with Crippen LogP contribution < -0.4 is 11.1 Å². The fourth-order valence-electron chi connectivity index (χ4n) is 2.04. The molecule has 1 aromatic rings. The molecule has 0 atom stereocenters. The van der Waals surface area contributed by atoms with Crippen LogP contribution in [0.15, 0.2) is 45.9 Å². The first-order chi connectivity index (χ1) is 9.02. The molecular formula is C15H21BrIN3. The Morgan fingerprint density at radius 3 is 2.75 bits per heavy atom. The first kappa shape index (κ1) is 17.5. The third kappa shape index (κ3) is 4.77. The lowest BCUT2D eigenvalue weighted by atomic mass is 9.96. The summed E-state index contributed by atoms with van der Waals surface area (Å²) in [5.74, 6) is 0.504. The van der Waals surface area contributed by atoms with Gasteiger partial charge in [-0.3, -0.25) is 4.99 Å². The Morgan fingerprint density at radius 2 is 2.20 bits per heavy atom. The first-order valence-corrected chi connectivity index (χ1v) is 7.25. The standard InChI is InChI=1S/C15H20BrN3.HI/c1-11(2)9-18-14(17)19-10-15(6-7-15)12-4-3-5-13(16)8-12;/h3-5,8H,1,6-7,9-10H2,2H3,(H3,17,18,19);1H. The highest BCUT2D eigenvalue weighted by Gasteiger charge is 2.44. The Morgan fingerprint density at radius 1 is 1.50 bits per heavy atom. The van der Waals surface area contributed by atoms with Gasteiger partial charge in [0.15, 0.2) is 5.96 Å². The molecule has 1 aromatic carbocycles. The molecule has 0 unspecified atom stereocenters. The maximum absolute atomic E-state index is 5.85. The molecule has 3 N–H and O–H groups in total. The number of guanidine groups is 1. The van der Waals surface area contributed by atoms with E-state index in [1.807, 2.05) is 13.0 Å². The van der Waals surface area contributed by atoms with Crippen LogP contribution in [0.3, 0.4) is 0 Å². The molecule has 2 rings (SSSR count). The molecule has 0 aromatic heterocycles. The third-order valence-corrected chi connectivity index (χ3v) is 3.91. The lowest BCUT2D eigenvalue weighted by Crippen LogP contribution is -2.33. The maximum Gasteiger partial charge on any atom is 0.188 e. The van der Waals surface area contributed by atoms with Crippen molar-refractivity contribution >= 4 is 45.9 Å². The highest BCUT2D eigenvalue weighted by atomic mass is 127. The van der Waals surface area contributed by atoms with Gasteiger partial charge in [0, 0.05) is 16.4 Å². The predicted octanol–water partition coefficient (Wildman–Crippen LogP) is 3.58. The summed E-state index contributed by atoms with van der Waals surface area (Å²) < 4.78 is 1.12. The summed E-state index contributed by atoms with van der Waals surface area (Å²) in [4.78, 5) is 4.46. The molecule has 1 fully saturated rings. The Hall–Kier alpha value is -0.560.